The zero-order chi connectivity index (χ0) is 16.8. The van der Waals surface area contributed by atoms with Gasteiger partial charge in [-0.15, -0.1) is 0 Å². The first kappa shape index (κ1) is 17.5. The summed E-state index contributed by atoms with van der Waals surface area (Å²) < 4.78 is 4.69. The number of hydrogen-bond donors (Lipinski definition) is 2. The van der Waals surface area contributed by atoms with E-state index in [1.165, 1.54) is 7.11 Å². The van der Waals surface area contributed by atoms with Crippen molar-refractivity contribution in [1.82, 2.24) is 5.32 Å². The quantitative estimate of drug-likeness (QED) is 0.784. The number of anilines is 1. The van der Waals surface area contributed by atoms with Gasteiger partial charge in [-0.05, 0) is 25.0 Å². The Labute approximate surface area is 130 Å². The van der Waals surface area contributed by atoms with E-state index in [1.54, 1.807) is 31.2 Å². The van der Waals surface area contributed by atoms with E-state index >= 15 is 0 Å². The molecule has 0 spiro atoms. The molecule has 1 aromatic rings. The molecule has 1 atom stereocenters. The van der Waals surface area contributed by atoms with Crippen LogP contribution in [0.15, 0.2) is 24.3 Å². The van der Waals surface area contributed by atoms with Crippen LogP contribution in [0.25, 0.3) is 0 Å². The molecule has 1 amide bonds. The second-order valence-electron chi connectivity index (χ2n) is 5.41. The van der Waals surface area contributed by atoms with Crippen molar-refractivity contribution >= 4 is 17.6 Å². The molecule has 0 saturated heterocycles. The topological polar surface area (TPSA) is 91.2 Å². The number of nitrogens with zero attached hydrogens (tertiary/aromatic N) is 1. The van der Waals surface area contributed by atoms with Gasteiger partial charge in [-0.1, -0.05) is 26.0 Å². The van der Waals surface area contributed by atoms with Gasteiger partial charge in [0.05, 0.1) is 25.3 Å². The van der Waals surface area contributed by atoms with Gasteiger partial charge in [0.25, 0.3) is 0 Å². The fraction of sp³-hybridized carbons (Fsp3) is 0.438. The Hall–Kier alpha value is -2.55. The van der Waals surface area contributed by atoms with Crippen LogP contribution in [0, 0.1) is 17.2 Å². The highest BCUT2D eigenvalue weighted by Gasteiger charge is 2.29. The zero-order valence-electron chi connectivity index (χ0n) is 13.3. The molecule has 0 aliphatic carbocycles. The molecule has 0 saturated carbocycles. The Bertz CT molecular complexity index is 593. The molecule has 0 aromatic heterocycles. The van der Waals surface area contributed by atoms with Crippen LogP contribution in [0.2, 0.25) is 0 Å². The molecule has 2 N–H and O–H groups in total. The normalized spacial score (nSPS) is 12.9. The number of para-hydroxylation sites is 1. The monoisotopic (exact) mass is 303 g/mol. The third-order valence-corrected chi connectivity index (χ3v) is 3.56. The summed E-state index contributed by atoms with van der Waals surface area (Å²) in [5.74, 6) is -0.825. The number of benzene rings is 1. The standard InChI is InChI=1S/C16H21N3O3/c1-11(2)16(3,10-17)19-14(20)9-18-13-8-6-5-7-12(13)15(21)22-4/h5-8,11,18H,9H2,1-4H3,(H,19,20)/t16-/m0/s1. The van der Waals surface area contributed by atoms with Crippen molar-refractivity contribution in [1.29, 1.82) is 5.26 Å². The van der Waals surface area contributed by atoms with E-state index in [2.05, 4.69) is 16.7 Å². The molecular formula is C16H21N3O3. The van der Waals surface area contributed by atoms with Gasteiger partial charge >= 0.3 is 5.97 Å². The highest BCUT2D eigenvalue weighted by atomic mass is 16.5. The predicted octanol–water partition coefficient (Wildman–Crippen LogP) is 1.94. The van der Waals surface area contributed by atoms with Gasteiger partial charge in [0, 0.05) is 5.69 Å². The Kier molecular flexibility index (Phi) is 5.93. The fourth-order valence-corrected chi connectivity index (χ4v) is 1.74. The molecule has 6 nitrogen and oxygen atoms in total. The van der Waals surface area contributed by atoms with Crippen LogP contribution in [0.1, 0.15) is 31.1 Å². The lowest BCUT2D eigenvalue weighted by atomic mass is 9.90. The van der Waals surface area contributed by atoms with Crippen molar-refractivity contribution in [2.24, 2.45) is 5.92 Å². The number of amides is 1. The minimum Gasteiger partial charge on any atom is -0.465 e. The first-order chi connectivity index (χ1) is 10.3. The molecule has 1 rings (SSSR count). The average Bonchev–Trinajstić information content (AvgIpc) is 2.52. The van der Waals surface area contributed by atoms with E-state index in [0.717, 1.165) is 0 Å². The summed E-state index contributed by atoms with van der Waals surface area (Å²) in [4.78, 5) is 23.6. The molecule has 1 aromatic carbocycles. The summed E-state index contributed by atoms with van der Waals surface area (Å²) in [6.07, 6.45) is 0. The number of carbonyl (C=O) groups excluding carboxylic acids is 2. The van der Waals surface area contributed by atoms with Gasteiger partial charge in [-0.25, -0.2) is 4.79 Å². The summed E-state index contributed by atoms with van der Waals surface area (Å²) in [7, 11) is 1.30. The van der Waals surface area contributed by atoms with E-state index in [1.807, 2.05) is 13.8 Å². The number of nitriles is 1. The second kappa shape index (κ2) is 7.46. The third-order valence-electron chi connectivity index (χ3n) is 3.56. The number of carbonyl (C=O) groups is 2. The Morgan fingerprint density at radius 3 is 2.55 bits per heavy atom. The van der Waals surface area contributed by atoms with Gasteiger partial charge in [0.2, 0.25) is 5.91 Å². The first-order valence-electron chi connectivity index (χ1n) is 6.97. The maximum Gasteiger partial charge on any atom is 0.339 e. The van der Waals surface area contributed by atoms with Crippen LogP contribution in [-0.2, 0) is 9.53 Å². The van der Waals surface area contributed by atoms with Gasteiger partial charge in [-0.2, -0.15) is 5.26 Å². The fourth-order valence-electron chi connectivity index (χ4n) is 1.74. The van der Waals surface area contributed by atoms with Crippen molar-refractivity contribution in [3.63, 3.8) is 0 Å². The molecular weight excluding hydrogens is 282 g/mol. The number of rotatable bonds is 6. The van der Waals surface area contributed by atoms with Gasteiger partial charge in [0.1, 0.15) is 5.54 Å². The number of ether oxygens (including phenoxy) is 1. The minimum absolute atomic E-state index is 0.0243. The number of nitrogens with one attached hydrogen (secondary N) is 2. The highest BCUT2D eigenvalue weighted by molar-refractivity contribution is 5.96. The lowest BCUT2D eigenvalue weighted by Gasteiger charge is -2.27. The molecule has 0 radical (unpaired) electrons. The van der Waals surface area contributed by atoms with Gasteiger partial charge in [0.15, 0.2) is 0 Å². The maximum absolute atomic E-state index is 12.0. The Balaban J connectivity index is 2.74. The van der Waals surface area contributed by atoms with Gasteiger partial charge < -0.3 is 15.4 Å². The van der Waals surface area contributed by atoms with Crippen LogP contribution in [-0.4, -0.2) is 31.1 Å². The molecule has 6 heteroatoms. The summed E-state index contributed by atoms with van der Waals surface area (Å²) in [5.41, 5.74) is -0.0712. The number of methoxy groups -OCH3 is 1. The van der Waals surface area contributed by atoms with Crippen LogP contribution < -0.4 is 10.6 Å². The molecule has 0 heterocycles. The highest BCUT2D eigenvalue weighted by Crippen LogP contribution is 2.17. The van der Waals surface area contributed by atoms with Crippen molar-refractivity contribution in [2.75, 3.05) is 19.0 Å². The molecule has 0 aliphatic heterocycles. The number of esters is 1. The Morgan fingerprint density at radius 1 is 1.36 bits per heavy atom. The SMILES string of the molecule is COC(=O)c1ccccc1NCC(=O)N[C@@](C)(C#N)C(C)C. The van der Waals surface area contributed by atoms with E-state index < -0.39 is 11.5 Å². The summed E-state index contributed by atoms with van der Waals surface area (Å²) in [6.45, 7) is 5.36. The summed E-state index contributed by atoms with van der Waals surface area (Å²) in [6, 6.07) is 8.87. The average molecular weight is 303 g/mol. The van der Waals surface area contributed by atoms with E-state index in [9.17, 15) is 14.9 Å². The van der Waals surface area contributed by atoms with Crippen molar-refractivity contribution in [3.05, 3.63) is 29.8 Å². The summed E-state index contributed by atoms with van der Waals surface area (Å²) in [5, 5.41) is 14.8. The zero-order valence-corrected chi connectivity index (χ0v) is 13.3. The van der Waals surface area contributed by atoms with E-state index in [-0.39, 0.29) is 18.4 Å². The molecule has 118 valence electrons. The van der Waals surface area contributed by atoms with Crippen LogP contribution in [0.3, 0.4) is 0 Å². The van der Waals surface area contributed by atoms with Crippen molar-refractivity contribution in [2.45, 2.75) is 26.3 Å². The van der Waals surface area contributed by atoms with E-state index in [0.29, 0.717) is 11.3 Å². The molecule has 0 fully saturated rings. The van der Waals surface area contributed by atoms with Crippen molar-refractivity contribution < 1.29 is 14.3 Å². The van der Waals surface area contributed by atoms with Crippen LogP contribution in [0.4, 0.5) is 5.69 Å². The molecule has 22 heavy (non-hydrogen) atoms. The van der Waals surface area contributed by atoms with E-state index in [4.69, 9.17) is 4.74 Å². The lowest BCUT2D eigenvalue weighted by molar-refractivity contribution is -0.121. The molecule has 0 bridgehead atoms. The maximum atomic E-state index is 12.0. The first-order valence-corrected chi connectivity index (χ1v) is 6.97. The second-order valence-corrected chi connectivity index (χ2v) is 5.41. The lowest BCUT2D eigenvalue weighted by Crippen LogP contribution is -2.50. The van der Waals surface area contributed by atoms with Crippen LogP contribution in [0.5, 0.6) is 0 Å². The van der Waals surface area contributed by atoms with Crippen LogP contribution >= 0.6 is 0 Å². The molecule has 0 unspecified atom stereocenters. The van der Waals surface area contributed by atoms with Crippen molar-refractivity contribution in [3.8, 4) is 6.07 Å². The summed E-state index contributed by atoms with van der Waals surface area (Å²) >= 11 is 0. The largest absolute Gasteiger partial charge is 0.465 e. The predicted molar refractivity (Wildman–Crippen MR) is 83.3 cm³/mol. The Morgan fingerprint density at radius 2 is 2.00 bits per heavy atom. The number of hydrogen-bond acceptors (Lipinski definition) is 5. The minimum atomic E-state index is -0.930. The third kappa shape index (κ3) is 4.22. The van der Waals surface area contributed by atoms with Gasteiger partial charge in [-0.3, -0.25) is 4.79 Å². The smallest absolute Gasteiger partial charge is 0.339 e. The molecule has 0 aliphatic rings.